The quantitative estimate of drug-likeness (QED) is 0.0363. The lowest BCUT2D eigenvalue weighted by Gasteiger charge is -2.46. The highest BCUT2D eigenvalue weighted by atomic mass is 16.8. The minimum absolute atomic E-state index is 0.193. The zero-order valence-electron chi connectivity index (χ0n) is 40.9. The molecule has 0 aliphatic carbocycles. The number of rotatable bonds is 41. The monoisotopic (exact) mass is 952 g/mol. The van der Waals surface area contributed by atoms with Gasteiger partial charge in [0.2, 0.25) is 5.91 Å². The van der Waals surface area contributed by atoms with Crippen molar-refractivity contribution in [1.29, 1.82) is 0 Å². The van der Waals surface area contributed by atoms with Crippen LogP contribution in [0.15, 0.2) is 0 Å². The van der Waals surface area contributed by atoms with Gasteiger partial charge in [0.1, 0.15) is 61.0 Å². The van der Waals surface area contributed by atoms with Crippen LogP contribution in [0.25, 0.3) is 0 Å². The molecule has 2 rings (SSSR count). The van der Waals surface area contributed by atoms with Crippen molar-refractivity contribution in [1.82, 2.24) is 5.32 Å². The second kappa shape index (κ2) is 37.7. The van der Waals surface area contributed by atoms with E-state index >= 15 is 0 Å². The lowest BCUT2D eigenvalue weighted by Crippen LogP contribution is -2.65. The zero-order chi connectivity index (χ0) is 48.5. The van der Waals surface area contributed by atoms with Gasteiger partial charge in [-0.15, -0.1) is 0 Å². The van der Waals surface area contributed by atoms with Crippen molar-refractivity contribution in [2.24, 2.45) is 0 Å². The Hall–Kier alpha value is -1.09. The third-order valence-corrected chi connectivity index (χ3v) is 13.5. The number of aliphatic hydroxyl groups excluding tert-OH is 10. The summed E-state index contributed by atoms with van der Waals surface area (Å²) in [5.74, 6) is -0.774. The van der Waals surface area contributed by atoms with Crippen LogP contribution in [-0.2, 0) is 23.7 Å². The first kappa shape index (κ1) is 61.0. The summed E-state index contributed by atoms with van der Waals surface area (Å²) < 4.78 is 22.9. The van der Waals surface area contributed by atoms with Crippen molar-refractivity contribution in [3.63, 3.8) is 0 Å². The second-order valence-electron chi connectivity index (χ2n) is 19.3. The van der Waals surface area contributed by atoms with Gasteiger partial charge in [0.15, 0.2) is 12.6 Å². The molecule has 2 heterocycles. The van der Waals surface area contributed by atoms with E-state index in [-0.39, 0.29) is 12.8 Å². The molecule has 0 aromatic carbocycles. The predicted molar refractivity (Wildman–Crippen MR) is 252 cm³/mol. The lowest BCUT2D eigenvalue weighted by atomic mass is 9.97. The lowest BCUT2D eigenvalue weighted by molar-refractivity contribution is -0.368. The fraction of sp³-hybridized carbons (Fsp3) is 0.980. The van der Waals surface area contributed by atoms with E-state index < -0.39 is 111 Å². The molecule has 11 N–H and O–H groups in total. The summed E-state index contributed by atoms with van der Waals surface area (Å²) in [5.41, 5.74) is 0. The standard InChI is InChI=1S/C50H97NO15/c1-3-5-7-9-11-13-15-17-18-19-20-22-24-26-28-30-32-38(55)48(62)51-36(41(56)37(54)31-29-27-25-23-21-16-14-12-10-8-6-4-2)35-63-50-47(45(60)43(58)40(34-53)65-50)66-49-46(61)44(59)42(57)39(33-52)64-49/h36-47,49-50,52-61H,3-35H2,1-2H3,(H,51,62). The van der Waals surface area contributed by atoms with Gasteiger partial charge in [-0.1, -0.05) is 194 Å². The molecule has 0 radical (unpaired) electrons. The van der Waals surface area contributed by atoms with Crippen LogP contribution in [0.4, 0.5) is 0 Å². The van der Waals surface area contributed by atoms with Crippen LogP contribution in [0.3, 0.4) is 0 Å². The van der Waals surface area contributed by atoms with Crippen LogP contribution < -0.4 is 5.32 Å². The minimum atomic E-state index is -1.87. The van der Waals surface area contributed by atoms with Gasteiger partial charge < -0.3 is 75.3 Å². The smallest absolute Gasteiger partial charge is 0.249 e. The number of hydrogen-bond donors (Lipinski definition) is 11. The third kappa shape index (κ3) is 24.2. The average Bonchev–Trinajstić information content (AvgIpc) is 3.31. The molecule has 392 valence electrons. The van der Waals surface area contributed by atoms with Gasteiger partial charge in [-0.25, -0.2) is 0 Å². The van der Waals surface area contributed by atoms with Crippen molar-refractivity contribution in [2.45, 2.75) is 292 Å². The van der Waals surface area contributed by atoms with Gasteiger partial charge in [0.05, 0.1) is 32.0 Å². The van der Waals surface area contributed by atoms with Crippen LogP contribution in [-0.4, -0.2) is 163 Å². The normalized spacial score (nSPS) is 27.7. The summed E-state index contributed by atoms with van der Waals surface area (Å²) in [6, 6.07) is -1.31. The third-order valence-electron chi connectivity index (χ3n) is 13.5. The number of ether oxygens (including phenoxy) is 4. The van der Waals surface area contributed by atoms with E-state index in [2.05, 4.69) is 19.2 Å². The summed E-state index contributed by atoms with van der Waals surface area (Å²) in [4.78, 5) is 13.4. The first-order valence-corrected chi connectivity index (χ1v) is 26.5. The average molecular weight is 952 g/mol. The largest absolute Gasteiger partial charge is 0.394 e. The topological polar surface area (TPSA) is 268 Å². The Morgan fingerprint density at radius 2 is 0.879 bits per heavy atom. The van der Waals surface area contributed by atoms with Crippen molar-refractivity contribution in [3.05, 3.63) is 0 Å². The molecular formula is C50H97NO15. The van der Waals surface area contributed by atoms with Crippen molar-refractivity contribution in [3.8, 4) is 0 Å². The van der Waals surface area contributed by atoms with Crippen LogP contribution in [0.1, 0.15) is 206 Å². The summed E-state index contributed by atoms with van der Waals surface area (Å²) in [7, 11) is 0. The van der Waals surface area contributed by atoms with E-state index in [0.717, 1.165) is 51.4 Å². The molecule has 66 heavy (non-hydrogen) atoms. The Bertz CT molecular complexity index is 1160. The van der Waals surface area contributed by atoms with Gasteiger partial charge in [-0.05, 0) is 12.8 Å². The number of nitrogens with one attached hydrogen (secondary N) is 1. The maximum absolute atomic E-state index is 13.4. The molecule has 2 aliphatic heterocycles. The van der Waals surface area contributed by atoms with E-state index in [9.17, 15) is 55.9 Å². The summed E-state index contributed by atoms with van der Waals surface area (Å²) in [5, 5.41) is 109. The van der Waals surface area contributed by atoms with E-state index in [4.69, 9.17) is 18.9 Å². The molecule has 14 atom stereocenters. The summed E-state index contributed by atoms with van der Waals surface area (Å²) in [6.45, 7) is 2.39. The highest BCUT2D eigenvalue weighted by molar-refractivity contribution is 5.80. The van der Waals surface area contributed by atoms with E-state index in [1.54, 1.807) is 0 Å². The van der Waals surface area contributed by atoms with E-state index in [1.165, 1.54) is 116 Å². The fourth-order valence-corrected chi connectivity index (χ4v) is 9.02. The molecule has 0 saturated carbocycles. The molecule has 16 heteroatoms. The van der Waals surface area contributed by atoms with E-state index in [0.29, 0.717) is 12.8 Å². The zero-order valence-corrected chi connectivity index (χ0v) is 40.9. The molecular weight excluding hydrogens is 855 g/mol. The Kier molecular flexibility index (Phi) is 34.9. The number of amides is 1. The predicted octanol–water partition coefficient (Wildman–Crippen LogP) is 4.94. The van der Waals surface area contributed by atoms with Crippen molar-refractivity contribution >= 4 is 5.91 Å². The minimum Gasteiger partial charge on any atom is -0.394 e. The number of unbranched alkanes of at least 4 members (excludes halogenated alkanes) is 26. The molecule has 0 aromatic rings. The molecule has 0 spiro atoms. The van der Waals surface area contributed by atoms with E-state index in [1.807, 2.05) is 0 Å². The molecule has 2 fully saturated rings. The maximum atomic E-state index is 13.4. The van der Waals surface area contributed by atoms with Gasteiger partial charge in [-0.2, -0.15) is 0 Å². The number of carbonyl (C=O) groups is 1. The molecule has 0 bridgehead atoms. The van der Waals surface area contributed by atoms with Gasteiger partial charge >= 0.3 is 0 Å². The van der Waals surface area contributed by atoms with Gasteiger partial charge in [-0.3, -0.25) is 4.79 Å². The number of carbonyl (C=O) groups excluding carboxylic acids is 1. The van der Waals surface area contributed by atoms with Gasteiger partial charge in [0.25, 0.3) is 0 Å². The molecule has 2 aliphatic rings. The summed E-state index contributed by atoms with van der Waals surface area (Å²) in [6.07, 6.45) is 12.1. The first-order chi connectivity index (χ1) is 31.9. The Balaban J connectivity index is 1.96. The number of aliphatic hydroxyl groups is 10. The second-order valence-corrected chi connectivity index (χ2v) is 19.3. The highest BCUT2D eigenvalue weighted by Crippen LogP contribution is 2.30. The first-order valence-electron chi connectivity index (χ1n) is 26.5. The van der Waals surface area contributed by atoms with Crippen molar-refractivity contribution in [2.75, 3.05) is 19.8 Å². The Labute approximate surface area is 397 Å². The molecule has 14 unspecified atom stereocenters. The fourth-order valence-electron chi connectivity index (χ4n) is 9.02. The highest BCUT2D eigenvalue weighted by Gasteiger charge is 2.51. The van der Waals surface area contributed by atoms with Gasteiger partial charge in [0, 0.05) is 0 Å². The van der Waals surface area contributed by atoms with Crippen LogP contribution in [0.5, 0.6) is 0 Å². The molecule has 2 saturated heterocycles. The maximum Gasteiger partial charge on any atom is 0.249 e. The molecule has 16 nitrogen and oxygen atoms in total. The molecule has 1 amide bonds. The van der Waals surface area contributed by atoms with Crippen LogP contribution >= 0.6 is 0 Å². The Morgan fingerprint density at radius 3 is 1.30 bits per heavy atom. The SMILES string of the molecule is CCCCCCCCCCCCCCCCCCC(O)C(=O)NC(COC1OC(CO)C(O)C(O)C1OC1OC(CO)C(O)C(O)C1O)C(O)C(O)CCCCCCCCCCCCCC. The molecule has 0 aromatic heterocycles. The van der Waals surface area contributed by atoms with Crippen molar-refractivity contribution < 1.29 is 74.8 Å². The number of hydrogen-bond acceptors (Lipinski definition) is 15. The van der Waals surface area contributed by atoms with Crippen LogP contribution in [0.2, 0.25) is 0 Å². The Morgan fingerprint density at radius 1 is 0.500 bits per heavy atom. The van der Waals surface area contributed by atoms with Crippen LogP contribution in [0, 0.1) is 0 Å². The summed E-state index contributed by atoms with van der Waals surface area (Å²) >= 11 is 0.